The van der Waals surface area contributed by atoms with Gasteiger partial charge in [-0.1, -0.05) is 0 Å². The third kappa shape index (κ3) is 2.99. The van der Waals surface area contributed by atoms with Crippen molar-refractivity contribution in [2.24, 2.45) is 0 Å². The van der Waals surface area contributed by atoms with E-state index in [1.54, 1.807) is 45.9 Å². The Balaban J connectivity index is 2.13. The van der Waals surface area contributed by atoms with Crippen molar-refractivity contribution in [2.75, 3.05) is 28.4 Å². The van der Waals surface area contributed by atoms with Gasteiger partial charge in [-0.3, -0.25) is 4.57 Å². The molecule has 0 aliphatic heterocycles. The first-order valence-corrected chi connectivity index (χ1v) is 7.84. The number of aromatic hydroxyl groups is 1. The minimum atomic E-state index is 0.0505. The number of nitrogens with zero attached hydrogens (tertiary/aromatic N) is 2. The van der Waals surface area contributed by atoms with E-state index in [4.69, 9.17) is 18.9 Å². The van der Waals surface area contributed by atoms with Crippen molar-refractivity contribution >= 4 is 0 Å². The lowest BCUT2D eigenvalue weighted by atomic mass is 10.1. The van der Waals surface area contributed by atoms with Gasteiger partial charge in [0.05, 0.1) is 34.1 Å². The molecule has 0 aliphatic carbocycles. The second-order valence-corrected chi connectivity index (χ2v) is 5.39. The molecule has 26 heavy (non-hydrogen) atoms. The van der Waals surface area contributed by atoms with Gasteiger partial charge in [0.25, 0.3) is 0 Å². The summed E-state index contributed by atoms with van der Waals surface area (Å²) in [4.78, 5) is 4.44. The molecule has 0 bridgehead atoms. The van der Waals surface area contributed by atoms with Crippen molar-refractivity contribution < 1.29 is 24.1 Å². The molecule has 2 aromatic carbocycles. The summed E-state index contributed by atoms with van der Waals surface area (Å²) in [6, 6.07) is 8.79. The Morgan fingerprint density at radius 1 is 0.846 bits per heavy atom. The molecule has 0 amide bonds. The van der Waals surface area contributed by atoms with E-state index in [2.05, 4.69) is 4.98 Å². The van der Waals surface area contributed by atoms with Crippen LogP contribution in [0.3, 0.4) is 0 Å². The first-order valence-electron chi connectivity index (χ1n) is 7.84. The summed E-state index contributed by atoms with van der Waals surface area (Å²) in [5, 5.41) is 10.1. The zero-order valence-corrected chi connectivity index (χ0v) is 15.0. The molecule has 0 saturated carbocycles. The smallest absolute Gasteiger partial charge is 0.203 e. The molecule has 136 valence electrons. The van der Waals surface area contributed by atoms with Crippen LogP contribution in [0.1, 0.15) is 0 Å². The highest BCUT2D eigenvalue weighted by atomic mass is 16.5. The minimum absolute atomic E-state index is 0.0505. The van der Waals surface area contributed by atoms with Crippen LogP contribution in [0.15, 0.2) is 42.7 Å². The van der Waals surface area contributed by atoms with Crippen LogP contribution >= 0.6 is 0 Å². The molecule has 0 spiro atoms. The van der Waals surface area contributed by atoms with Gasteiger partial charge in [-0.25, -0.2) is 4.98 Å². The molecule has 0 atom stereocenters. The summed E-state index contributed by atoms with van der Waals surface area (Å²) in [6.07, 6.45) is 3.49. The Bertz CT molecular complexity index is 895. The van der Waals surface area contributed by atoms with E-state index in [0.29, 0.717) is 28.8 Å². The lowest BCUT2D eigenvalue weighted by Gasteiger charge is -2.15. The van der Waals surface area contributed by atoms with E-state index in [-0.39, 0.29) is 5.75 Å². The SMILES string of the molecule is COc1ccc(-n2ccnc2-c2cc(OC)c(OC)c(OC)c2)cc1O. The normalized spacial score (nSPS) is 10.5. The summed E-state index contributed by atoms with van der Waals surface area (Å²) >= 11 is 0. The number of benzene rings is 2. The molecule has 1 N–H and O–H groups in total. The van der Waals surface area contributed by atoms with Crippen molar-refractivity contribution in [3.05, 3.63) is 42.7 Å². The van der Waals surface area contributed by atoms with Gasteiger partial charge in [-0.2, -0.15) is 0 Å². The Morgan fingerprint density at radius 2 is 1.50 bits per heavy atom. The van der Waals surface area contributed by atoms with Gasteiger partial charge in [-0.05, 0) is 24.3 Å². The fraction of sp³-hybridized carbons (Fsp3) is 0.211. The Morgan fingerprint density at radius 3 is 2.04 bits per heavy atom. The maximum Gasteiger partial charge on any atom is 0.203 e. The minimum Gasteiger partial charge on any atom is -0.504 e. The summed E-state index contributed by atoms with van der Waals surface area (Å²) in [5.41, 5.74) is 1.52. The van der Waals surface area contributed by atoms with Gasteiger partial charge >= 0.3 is 0 Å². The number of phenolic OH excluding ortho intramolecular Hbond substituents is 1. The van der Waals surface area contributed by atoms with E-state index in [1.807, 2.05) is 22.8 Å². The van der Waals surface area contributed by atoms with Crippen LogP contribution in [-0.4, -0.2) is 43.1 Å². The average molecular weight is 356 g/mol. The van der Waals surface area contributed by atoms with Gasteiger partial charge < -0.3 is 24.1 Å². The van der Waals surface area contributed by atoms with E-state index in [9.17, 15) is 5.11 Å². The third-order valence-corrected chi connectivity index (χ3v) is 4.00. The third-order valence-electron chi connectivity index (χ3n) is 4.00. The van der Waals surface area contributed by atoms with Crippen LogP contribution in [0.5, 0.6) is 28.7 Å². The van der Waals surface area contributed by atoms with Crippen LogP contribution in [-0.2, 0) is 0 Å². The summed E-state index contributed by atoms with van der Waals surface area (Å²) in [5.74, 6) is 2.70. The van der Waals surface area contributed by atoms with Crippen LogP contribution in [0, 0.1) is 0 Å². The van der Waals surface area contributed by atoms with Crippen LogP contribution in [0.4, 0.5) is 0 Å². The molecule has 1 aromatic heterocycles. The molecule has 1 heterocycles. The maximum absolute atomic E-state index is 10.1. The lowest BCUT2D eigenvalue weighted by molar-refractivity contribution is 0.324. The number of hydrogen-bond acceptors (Lipinski definition) is 6. The number of methoxy groups -OCH3 is 4. The van der Waals surface area contributed by atoms with Crippen molar-refractivity contribution in [1.82, 2.24) is 9.55 Å². The lowest BCUT2D eigenvalue weighted by Crippen LogP contribution is -1.99. The van der Waals surface area contributed by atoms with Gasteiger partial charge in [0.1, 0.15) is 5.82 Å². The molecule has 3 aromatic rings. The molecule has 3 rings (SSSR count). The maximum atomic E-state index is 10.1. The Labute approximate surface area is 151 Å². The fourth-order valence-electron chi connectivity index (χ4n) is 2.76. The topological polar surface area (TPSA) is 75.0 Å². The summed E-state index contributed by atoms with van der Waals surface area (Å²) in [6.45, 7) is 0. The fourth-order valence-corrected chi connectivity index (χ4v) is 2.76. The molecule has 7 nitrogen and oxygen atoms in total. The van der Waals surface area contributed by atoms with Crippen molar-refractivity contribution in [1.29, 1.82) is 0 Å². The first-order chi connectivity index (χ1) is 12.6. The highest BCUT2D eigenvalue weighted by Crippen LogP contribution is 2.41. The van der Waals surface area contributed by atoms with E-state index in [1.165, 1.54) is 7.11 Å². The summed E-state index contributed by atoms with van der Waals surface area (Å²) < 4.78 is 23.1. The zero-order valence-electron chi connectivity index (χ0n) is 15.0. The van der Waals surface area contributed by atoms with Gasteiger partial charge in [0.15, 0.2) is 23.0 Å². The molecule has 0 aliphatic rings. The Hall–Kier alpha value is -3.35. The quantitative estimate of drug-likeness (QED) is 0.731. The van der Waals surface area contributed by atoms with Gasteiger partial charge in [0.2, 0.25) is 5.75 Å². The van der Waals surface area contributed by atoms with Crippen molar-refractivity contribution in [3.8, 4) is 45.8 Å². The average Bonchev–Trinajstić information content (AvgIpc) is 3.16. The number of aromatic nitrogens is 2. The molecule has 0 fully saturated rings. The molecule has 0 saturated heterocycles. The van der Waals surface area contributed by atoms with Crippen molar-refractivity contribution in [3.63, 3.8) is 0 Å². The van der Waals surface area contributed by atoms with Crippen molar-refractivity contribution in [2.45, 2.75) is 0 Å². The van der Waals surface area contributed by atoms with Gasteiger partial charge in [-0.15, -0.1) is 0 Å². The van der Waals surface area contributed by atoms with Gasteiger partial charge in [0, 0.05) is 24.0 Å². The van der Waals surface area contributed by atoms with Crippen LogP contribution < -0.4 is 18.9 Å². The molecule has 0 unspecified atom stereocenters. The molecular formula is C19H20N2O5. The number of hydrogen-bond donors (Lipinski definition) is 1. The number of imidazole rings is 1. The van der Waals surface area contributed by atoms with Crippen LogP contribution in [0.25, 0.3) is 17.1 Å². The van der Waals surface area contributed by atoms with E-state index < -0.39 is 0 Å². The zero-order chi connectivity index (χ0) is 18.7. The van der Waals surface area contributed by atoms with Crippen LogP contribution in [0.2, 0.25) is 0 Å². The van der Waals surface area contributed by atoms with E-state index >= 15 is 0 Å². The largest absolute Gasteiger partial charge is 0.504 e. The Kier molecular flexibility index (Phi) is 4.88. The van der Waals surface area contributed by atoms with E-state index in [0.717, 1.165) is 11.3 Å². The second-order valence-electron chi connectivity index (χ2n) is 5.39. The standard InChI is InChI=1S/C19H20N2O5/c1-23-15-6-5-13(11-14(15)22)21-8-7-20-19(21)12-9-16(24-2)18(26-4)17(10-12)25-3/h5-11,22H,1-4H3. The first kappa shape index (κ1) is 17.5. The summed E-state index contributed by atoms with van der Waals surface area (Å²) in [7, 11) is 6.19. The second kappa shape index (κ2) is 7.26. The monoisotopic (exact) mass is 356 g/mol. The predicted molar refractivity (Wildman–Crippen MR) is 96.9 cm³/mol. The number of ether oxygens (including phenoxy) is 4. The molecular weight excluding hydrogens is 336 g/mol. The number of phenols is 1. The highest BCUT2D eigenvalue weighted by Gasteiger charge is 2.17. The number of rotatable bonds is 6. The predicted octanol–water partition coefficient (Wildman–Crippen LogP) is 3.28. The molecule has 0 radical (unpaired) electrons. The molecule has 7 heteroatoms. The highest BCUT2D eigenvalue weighted by molar-refractivity contribution is 5.68.